The molecule has 0 aromatic rings. The van der Waals surface area contributed by atoms with Crippen molar-refractivity contribution in [2.45, 2.75) is 245 Å². The number of aliphatic hydroxyl groups is 1. The first-order valence-electron chi connectivity index (χ1n) is 24.4. The fraction of sp³-hybridized carbons (Fsp3) is 0.788. The highest BCUT2D eigenvalue weighted by Crippen LogP contribution is 2.16. The van der Waals surface area contributed by atoms with Crippen LogP contribution in [-0.2, 0) is 14.3 Å². The minimum atomic E-state index is -0.537. The highest BCUT2D eigenvalue weighted by molar-refractivity contribution is 5.69. The second-order valence-electron chi connectivity index (χ2n) is 16.2. The molecule has 0 saturated carbocycles. The number of hydrogen-bond acceptors (Lipinski definition) is 4. The summed E-state index contributed by atoms with van der Waals surface area (Å²) in [5.41, 5.74) is 0. The summed E-state index contributed by atoms with van der Waals surface area (Å²) >= 11 is 0. The Bertz CT molecular complexity index is 916. The van der Waals surface area contributed by atoms with Gasteiger partial charge in [-0.3, -0.25) is 4.79 Å². The van der Waals surface area contributed by atoms with E-state index in [9.17, 15) is 9.90 Å². The van der Waals surface area contributed by atoms with E-state index < -0.39 is 6.10 Å². The van der Waals surface area contributed by atoms with Gasteiger partial charge in [-0.1, -0.05) is 235 Å². The summed E-state index contributed by atoms with van der Waals surface area (Å²) in [7, 11) is 0. The van der Waals surface area contributed by atoms with E-state index in [0.29, 0.717) is 19.6 Å². The molecule has 0 aliphatic rings. The van der Waals surface area contributed by atoms with Gasteiger partial charge in [-0.05, 0) is 57.8 Å². The largest absolute Gasteiger partial charge is 0.457 e. The molecule has 1 atom stereocenters. The highest BCUT2D eigenvalue weighted by Gasteiger charge is 2.13. The SMILES string of the molecule is CC/C=C\C/C=C\C/C=C\C/C=C\C/C=C\CCCCCCCCCCCCOCC(CO)OC(=O)CCCCCCCCCCCCCCCCCCCC. The predicted molar refractivity (Wildman–Crippen MR) is 246 cm³/mol. The quantitative estimate of drug-likeness (QED) is 0.0380. The zero-order valence-electron chi connectivity index (χ0n) is 37.4. The van der Waals surface area contributed by atoms with Crippen molar-refractivity contribution in [1.29, 1.82) is 0 Å². The molecule has 0 aliphatic heterocycles. The third-order valence-electron chi connectivity index (χ3n) is 10.6. The number of unbranched alkanes of at least 4 members (excludes halogenated alkanes) is 27. The first-order valence-corrected chi connectivity index (χ1v) is 24.4. The van der Waals surface area contributed by atoms with Crippen molar-refractivity contribution in [3.63, 3.8) is 0 Å². The summed E-state index contributed by atoms with van der Waals surface area (Å²) < 4.78 is 11.2. The third kappa shape index (κ3) is 46.5. The molecule has 0 aromatic carbocycles. The molecule has 0 heterocycles. The monoisotopic (exact) mass is 783 g/mol. The smallest absolute Gasteiger partial charge is 0.306 e. The molecule has 0 amide bonds. The Balaban J connectivity index is 3.42. The Labute approximate surface area is 349 Å². The molecule has 56 heavy (non-hydrogen) atoms. The number of allylic oxidation sites excluding steroid dienone is 10. The van der Waals surface area contributed by atoms with Gasteiger partial charge in [-0.25, -0.2) is 0 Å². The van der Waals surface area contributed by atoms with E-state index in [1.54, 1.807) is 0 Å². The summed E-state index contributed by atoms with van der Waals surface area (Å²) in [4.78, 5) is 12.2. The van der Waals surface area contributed by atoms with Gasteiger partial charge in [-0.2, -0.15) is 0 Å². The molecular weight excluding hydrogens is 689 g/mol. The van der Waals surface area contributed by atoms with Crippen LogP contribution in [0.4, 0.5) is 0 Å². The number of carbonyl (C=O) groups excluding carboxylic acids is 1. The maximum atomic E-state index is 12.2. The van der Waals surface area contributed by atoms with Crippen LogP contribution in [0.15, 0.2) is 60.8 Å². The van der Waals surface area contributed by atoms with Gasteiger partial charge in [0.15, 0.2) is 0 Å². The van der Waals surface area contributed by atoms with Crippen LogP contribution >= 0.6 is 0 Å². The number of esters is 1. The van der Waals surface area contributed by atoms with Gasteiger partial charge in [0.2, 0.25) is 0 Å². The predicted octanol–water partition coefficient (Wildman–Crippen LogP) is 16.4. The van der Waals surface area contributed by atoms with Crippen molar-refractivity contribution in [3.8, 4) is 0 Å². The number of hydrogen-bond donors (Lipinski definition) is 1. The van der Waals surface area contributed by atoms with Crippen molar-refractivity contribution < 1.29 is 19.4 Å². The minimum Gasteiger partial charge on any atom is -0.457 e. The summed E-state index contributed by atoms with van der Waals surface area (Å²) in [6, 6.07) is 0. The summed E-state index contributed by atoms with van der Waals surface area (Å²) in [6.45, 7) is 5.25. The topological polar surface area (TPSA) is 55.8 Å². The molecule has 4 heteroatoms. The summed E-state index contributed by atoms with van der Waals surface area (Å²) in [5.74, 6) is -0.200. The Morgan fingerprint density at radius 3 is 1.21 bits per heavy atom. The normalized spacial score (nSPS) is 12.8. The van der Waals surface area contributed by atoms with Crippen molar-refractivity contribution in [2.24, 2.45) is 0 Å². The van der Waals surface area contributed by atoms with Gasteiger partial charge in [0.1, 0.15) is 6.10 Å². The van der Waals surface area contributed by atoms with Gasteiger partial charge in [-0.15, -0.1) is 0 Å². The van der Waals surface area contributed by atoms with Crippen LogP contribution in [0.3, 0.4) is 0 Å². The summed E-state index contributed by atoms with van der Waals surface area (Å²) in [6.07, 6.45) is 65.9. The first kappa shape index (κ1) is 54.1. The molecule has 326 valence electrons. The van der Waals surface area contributed by atoms with Crippen LogP contribution in [0, 0.1) is 0 Å². The Morgan fingerprint density at radius 2 is 0.804 bits per heavy atom. The van der Waals surface area contributed by atoms with Crippen LogP contribution in [0.2, 0.25) is 0 Å². The number of ether oxygens (including phenoxy) is 2. The molecule has 0 saturated heterocycles. The molecule has 0 radical (unpaired) electrons. The van der Waals surface area contributed by atoms with Gasteiger partial charge in [0.05, 0.1) is 13.2 Å². The lowest BCUT2D eigenvalue weighted by atomic mass is 10.0. The first-order chi connectivity index (χ1) is 27.7. The second kappa shape index (κ2) is 49.2. The lowest BCUT2D eigenvalue weighted by Gasteiger charge is -2.16. The zero-order valence-corrected chi connectivity index (χ0v) is 37.4. The molecule has 0 spiro atoms. The minimum absolute atomic E-state index is 0.172. The fourth-order valence-electron chi connectivity index (χ4n) is 7.00. The van der Waals surface area contributed by atoms with E-state index in [0.717, 1.165) is 51.4 Å². The van der Waals surface area contributed by atoms with Gasteiger partial charge in [0, 0.05) is 13.0 Å². The average Bonchev–Trinajstić information content (AvgIpc) is 3.20. The number of aliphatic hydroxyl groups excluding tert-OH is 1. The maximum Gasteiger partial charge on any atom is 0.306 e. The fourth-order valence-corrected chi connectivity index (χ4v) is 7.00. The van der Waals surface area contributed by atoms with E-state index >= 15 is 0 Å². The molecule has 0 bridgehead atoms. The van der Waals surface area contributed by atoms with E-state index in [2.05, 4.69) is 74.6 Å². The van der Waals surface area contributed by atoms with Gasteiger partial charge in [0.25, 0.3) is 0 Å². The van der Waals surface area contributed by atoms with E-state index in [1.807, 2.05) is 0 Å². The molecule has 0 aromatic heterocycles. The third-order valence-corrected chi connectivity index (χ3v) is 10.6. The number of rotatable bonds is 45. The lowest BCUT2D eigenvalue weighted by Crippen LogP contribution is -2.27. The number of carbonyl (C=O) groups is 1. The van der Waals surface area contributed by atoms with Gasteiger partial charge >= 0.3 is 5.97 Å². The van der Waals surface area contributed by atoms with Crippen LogP contribution in [-0.4, -0.2) is 37.0 Å². The summed E-state index contributed by atoms with van der Waals surface area (Å²) in [5, 5.41) is 9.64. The molecular formula is C52H94O4. The molecule has 4 nitrogen and oxygen atoms in total. The van der Waals surface area contributed by atoms with Gasteiger partial charge < -0.3 is 14.6 Å². The second-order valence-corrected chi connectivity index (χ2v) is 16.2. The van der Waals surface area contributed by atoms with E-state index in [1.165, 1.54) is 167 Å². The van der Waals surface area contributed by atoms with Crippen LogP contribution < -0.4 is 0 Å². The van der Waals surface area contributed by atoms with Crippen LogP contribution in [0.25, 0.3) is 0 Å². The molecule has 0 aliphatic carbocycles. The Morgan fingerprint density at radius 1 is 0.446 bits per heavy atom. The maximum absolute atomic E-state index is 12.2. The van der Waals surface area contributed by atoms with E-state index in [4.69, 9.17) is 9.47 Å². The van der Waals surface area contributed by atoms with Crippen LogP contribution in [0.5, 0.6) is 0 Å². The standard InChI is InChI=1S/C52H94O4/c1-3-5-7-9-11-13-15-17-19-21-23-24-25-26-27-28-29-30-32-34-36-38-40-42-44-46-48-55-50-51(49-53)56-52(54)47-45-43-41-39-37-35-33-31-22-20-18-16-14-12-10-8-6-4-2/h5,7,11,13,17,19,23-24,26-27,51,53H,3-4,6,8-10,12,14-16,18,20-22,25,28-50H2,1-2H3/b7-5-,13-11-,19-17-,24-23-,27-26-. The van der Waals surface area contributed by atoms with Crippen molar-refractivity contribution >= 4 is 5.97 Å². The molecule has 1 unspecified atom stereocenters. The molecule has 1 N–H and O–H groups in total. The zero-order chi connectivity index (χ0) is 40.5. The highest BCUT2D eigenvalue weighted by atomic mass is 16.6. The van der Waals surface area contributed by atoms with Crippen molar-refractivity contribution in [3.05, 3.63) is 60.8 Å². The van der Waals surface area contributed by atoms with E-state index in [-0.39, 0.29) is 12.6 Å². The Hall–Kier alpha value is -1.91. The van der Waals surface area contributed by atoms with Crippen LogP contribution in [0.1, 0.15) is 239 Å². The molecule has 0 rings (SSSR count). The average molecular weight is 783 g/mol. The van der Waals surface area contributed by atoms with Crippen molar-refractivity contribution in [2.75, 3.05) is 19.8 Å². The Kier molecular flexibility index (Phi) is 47.6. The van der Waals surface area contributed by atoms with Crippen molar-refractivity contribution in [1.82, 2.24) is 0 Å². The molecule has 0 fully saturated rings. The lowest BCUT2D eigenvalue weighted by molar-refractivity contribution is -0.154.